The number of phenolic OH excluding ortho intramolecular Hbond substituents is 1. The molecule has 0 spiro atoms. The third kappa shape index (κ3) is 1.05. The molecule has 51 valence electrons. The smallest absolute Gasteiger partial charge is 0.311 e. The van der Waals surface area contributed by atoms with Crippen molar-refractivity contribution in [2.75, 3.05) is 0 Å². The van der Waals surface area contributed by atoms with E-state index in [9.17, 15) is 10.1 Å². The van der Waals surface area contributed by atoms with Gasteiger partial charge in [0.2, 0.25) is 0 Å². The fourth-order valence-electron chi connectivity index (χ4n) is 0.560. The molecule has 10 heavy (non-hydrogen) atoms. The van der Waals surface area contributed by atoms with E-state index in [-0.39, 0.29) is 11.4 Å². The molecule has 1 radical (unpaired) electrons. The van der Waals surface area contributed by atoms with Crippen LogP contribution in [0.3, 0.4) is 0 Å². The Balaban J connectivity index is 3.15. The highest BCUT2D eigenvalue weighted by Gasteiger charge is 2.09. The van der Waals surface area contributed by atoms with Gasteiger partial charge in [-0.15, -0.1) is 0 Å². The molecular weight excluding hydrogens is 134 g/mol. The molecule has 0 fully saturated rings. The predicted octanol–water partition coefficient (Wildman–Crippen LogP) is 1.10. The van der Waals surface area contributed by atoms with Crippen molar-refractivity contribution in [3.63, 3.8) is 0 Å². The van der Waals surface area contributed by atoms with Crippen LogP contribution < -0.4 is 0 Å². The SMILES string of the molecule is O=[N+]([O-])c1c[c]ccc1O. The Bertz CT molecular complexity index is 259. The average molecular weight is 138 g/mol. The van der Waals surface area contributed by atoms with Crippen molar-refractivity contribution in [2.45, 2.75) is 0 Å². The summed E-state index contributed by atoms with van der Waals surface area (Å²) in [4.78, 5) is 9.39. The van der Waals surface area contributed by atoms with Crippen LogP contribution in [0.15, 0.2) is 18.2 Å². The predicted molar refractivity (Wildman–Crippen MR) is 33.6 cm³/mol. The summed E-state index contributed by atoms with van der Waals surface area (Å²) in [6, 6.07) is 6.23. The Morgan fingerprint density at radius 1 is 1.70 bits per heavy atom. The molecule has 0 aromatic heterocycles. The summed E-state index contributed by atoms with van der Waals surface area (Å²) in [5, 5.41) is 18.9. The maximum Gasteiger partial charge on any atom is 0.311 e. The highest BCUT2D eigenvalue weighted by Crippen LogP contribution is 2.22. The van der Waals surface area contributed by atoms with Crippen LogP contribution in [0.5, 0.6) is 5.75 Å². The van der Waals surface area contributed by atoms with E-state index in [4.69, 9.17) is 5.11 Å². The van der Waals surface area contributed by atoms with Gasteiger partial charge in [0.25, 0.3) is 0 Å². The lowest BCUT2D eigenvalue weighted by atomic mass is 10.3. The molecule has 0 amide bonds. The van der Waals surface area contributed by atoms with E-state index in [1.807, 2.05) is 0 Å². The highest BCUT2D eigenvalue weighted by atomic mass is 16.6. The molecule has 1 rings (SSSR count). The third-order valence-corrected chi connectivity index (χ3v) is 1.02. The minimum Gasteiger partial charge on any atom is -0.502 e. The van der Waals surface area contributed by atoms with E-state index >= 15 is 0 Å². The zero-order valence-electron chi connectivity index (χ0n) is 4.94. The molecule has 0 saturated carbocycles. The number of nitro groups is 1. The van der Waals surface area contributed by atoms with Crippen LogP contribution in [0.2, 0.25) is 0 Å². The number of benzene rings is 1. The summed E-state index contributed by atoms with van der Waals surface area (Å²) >= 11 is 0. The van der Waals surface area contributed by atoms with Gasteiger partial charge in [0, 0.05) is 6.07 Å². The molecule has 0 heterocycles. The zero-order chi connectivity index (χ0) is 7.56. The molecule has 4 heteroatoms. The van der Waals surface area contributed by atoms with E-state index in [1.165, 1.54) is 12.1 Å². The van der Waals surface area contributed by atoms with Crippen LogP contribution in [0.25, 0.3) is 0 Å². The second-order valence-electron chi connectivity index (χ2n) is 1.67. The van der Waals surface area contributed by atoms with E-state index in [1.54, 1.807) is 0 Å². The van der Waals surface area contributed by atoms with Crippen LogP contribution in [-0.2, 0) is 0 Å². The standard InChI is InChI=1S/C6H4NO3/c8-6-4-2-1-3-5(6)7(9)10/h2-4,8H. The third-order valence-electron chi connectivity index (χ3n) is 1.02. The van der Waals surface area contributed by atoms with Crippen LogP contribution >= 0.6 is 0 Å². The summed E-state index contributed by atoms with van der Waals surface area (Å²) in [7, 11) is 0. The van der Waals surface area contributed by atoms with Crippen LogP contribution in [0.4, 0.5) is 5.69 Å². The van der Waals surface area contributed by atoms with Crippen molar-refractivity contribution in [3.8, 4) is 5.75 Å². The molecule has 4 nitrogen and oxygen atoms in total. The summed E-state index contributed by atoms with van der Waals surface area (Å²) < 4.78 is 0. The summed E-state index contributed by atoms with van der Waals surface area (Å²) in [5.74, 6) is -0.330. The van der Waals surface area contributed by atoms with E-state index in [0.29, 0.717) is 0 Å². The topological polar surface area (TPSA) is 63.4 Å². The highest BCUT2D eigenvalue weighted by molar-refractivity contribution is 5.43. The quantitative estimate of drug-likeness (QED) is 0.466. The maximum absolute atomic E-state index is 10.0. The van der Waals surface area contributed by atoms with Gasteiger partial charge in [-0.2, -0.15) is 0 Å². The lowest BCUT2D eigenvalue weighted by Crippen LogP contribution is -1.86. The van der Waals surface area contributed by atoms with Gasteiger partial charge in [0.05, 0.1) is 4.92 Å². The Morgan fingerprint density at radius 2 is 2.40 bits per heavy atom. The largest absolute Gasteiger partial charge is 0.502 e. The van der Waals surface area contributed by atoms with E-state index in [0.717, 1.165) is 6.07 Å². The van der Waals surface area contributed by atoms with Gasteiger partial charge < -0.3 is 5.11 Å². The summed E-state index contributed by atoms with van der Waals surface area (Å²) in [5.41, 5.74) is -0.317. The number of hydrogen-bond acceptors (Lipinski definition) is 3. The molecule has 1 aromatic carbocycles. The molecule has 0 aliphatic carbocycles. The lowest BCUT2D eigenvalue weighted by Gasteiger charge is -1.91. The second kappa shape index (κ2) is 2.34. The van der Waals surface area contributed by atoms with Gasteiger partial charge in [-0.05, 0) is 12.1 Å². The Morgan fingerprint density at radius 3 is 2.80 bits per heavy atom. The fourth-order valence-corrected chi connectivity index (χ4v) is 0.560. The molecule has 0 unspecified atom stereocenters. The van der Waals surface area contributed by atoms with Crippen LogP contribution in [0.1, 0.15) is 0 Å². The minimum absolute atomic E-state index is 0.317. The Hall–Kier alpha value is -1.58. The number of rotatable bonds is 1. The zero-order valence-corrected chi connectivity index (χ0v) is 4.94. The number of phenols is 1. The first-order valence-electron chi connectivity index (χ1n) is 2.55. The first-order chi connectivity index (χ1) is 4.72. The summed E-state index contributed by atoms with van der Waals surface area (Å²) in [6.07, 6.45) is 0. The number of hydrogen-bond donors (Lipinski definition) is 1. The monoisotopic (exact) mass is 138 g/mol. The number of nitro benzene ring substituents is 1. The molecule has 0 saturated heterocycles. The Labute approximate surface area is 56.9 Å². The van der Waals surface area contributed by atoms with Crippen molar-refractivity contribution in [3.05, 3.63) is 34.4 Å². The van der Waals surface area contributed by atoms with Crippen LogP contribution in [0, 0.1) is 16.2 Å². The molecule has 0 aliphatic rings. The molecule has 0 aliphatic heterocycles. The average Bonchev–Trinajstić information content (AvgIpc) is 1.88. The Kier molecular flexibility index (Phi) is 1.53. The van der Waals surface area contributed by atoms with Crippen LogP contribution in [-0.4, -0.2) is 10.0 Å². The molecule has 1 aromatic rings. The summed E-state index contributed by atoms with van der Waals surface area (Å²) in [6.45, 7) is 0. The van der Waals surface area contributed by atoms with Crippen molar-refractivity contribution in [1.29, 1.82) is 0 Å². The minimum atomic E-state index is -0.661. The molecule has 1 N–H and O–H groups in total. The first kappa shape index (κ1) is 6.54. The number of nitrogens with zero attached hydrogens (tertiary/aromatic N) is 1. The van der Waals surface area contributed by atoms with Crippen molar-refractivity contribution >= 4 is 5.69 Å². The molecular formula is C6H4NO3. The van der Waals surface area contributed by atoms with E-state index in [2.05, 4.69) is 6.07 Å². The van der Waals surface area contributed by atoms with Crippen molar-refractivity contribution in [2.24, 2.45) is 0 Å². The second-order valence-corrected chi connectivity index (χ2v) is 1.67. The number of aromatic hydroxyl groups is 1. The first-order valence-corrected chi connectivity index (χ1v) is 2.55. The van der Waals surface area contributed by atoms with E-state index < -0.39 is 4.92 Å². The van der Waals surface area contributed by atoms with Gasteiger partial charge in [-0.1, -0.05) is 6.07 Å². The van der Waals surface area contributed by atoms with Gasteiger partial charge in [0.15, 0.2) is 5.75 Å². The normalized spacial score (nSPS) is 9.20. The van der Waals surface area contributed by atoms with Crippen molar-refractivity contribution in [1.82, 2.24) is 0 Å². The lowest BCUT2D eigenvalue weighted by molar-refractivity contribution is -0.385. The van der Waals surface area contributed by atoms with Crippen molar-refractivity contribution < 1.29 is 10.0 Å². The molecule has 0 bridgehead atoms. The maximum atomic E-state index is 10.0. The van der Waals surface area contributed by atoms with Gasteiger partial charge in [-0.25, -0.2) is 0 Å². The van der Waals surface area contributed by atoms with Gasteiger partial charge in [-0.3, -0.25) is 10.1 Å². The fraction of sp³-hybridized carbons (Fsp3) is 0. The molecule has 0 atom stereocenters. The van der Waals surface area contributed by atoms with Gasteiger partial charge >= 0.3 is 5.69 Å². The van der Waals surface area contributed by atoms with Gasteiger partial charge in [0.1, 0.15) is 0 Å².